The third-order valence-corrected chi connectivity index (χ3v) is 3.09. The summed E-state index contributed by atoms with van der Waals surface area (Å²) in [5, 5.41) is 6.88. The Kier molecular flexibility index (Phi) is 3.39. The highest BCUT2D eigenvalue weighted by atomic mass is 35.5. The Morgan fingerprint density at radius 3 is 2.67 bits per heavy atom. The Balaban J connectivity index is 2.57. The van der Waals surface area contributed by atoms with Crippen LogP contribution in [0, 0.1) is 13.8 Å². The van der Waals surface area contributed by atoms with Crippen molar-refractivity contribution in [3.8, 4) is 11.1 Å². The first-order valence-corrected chi connectivity index (χ1v) is 5.87. The van der Waals surface area contributed by atoms with Crippen molar-refractivity contribution in [2.75, 3.05) is 7.05 Å². The summed E-state index contributed by atoms with van der Waals surface area (Å²) >= 11 is 6.01. The summed E-state index contributed by atoms with van der Waals surface area (Å²) in [5.74, 6) is 0.506. The predicted octanol–water partition coefficient (Wildman–Crippen LogP) is 2.97. The molecule has 1 N–H and O–H groups in total. The van der Waals surface area contributed by atoms with Crippen molar-refractivity contribution in [1.29, 1.82) is 0 Å². The summed E-state index contributed by atoms with van der Waals surface area (Å²) < 4.78 is 5.12. The normalized spacial score (nSPS) is 10.4. The maximum Gasteiger partial charge on any atom is 0.252 e. The number of carbonyl (C=O) groups is 1. The zero-order valence-electron chi connectivity index (χ0n) is 10.4. The van der Waals surface area contributed by atoms with Crippen molar-refractivity contribution in [1.82, 2.24) is 10.5 Å². The van der Waals surface area contributed by atoms with Crippen LogP contribution < -0.4 is 5.32 Å². The Hall–Kier alpha value is -1.81. The first-order valence-electron chi connectivity index (χ1n) is 5.49. The fourth-order valence-electron chi connectivity index (χ4n) is 1.88. The van der Waals surface area contributed by atoms with Gasteiger partial charge in [-0.25, -0.2) is 0 Å². The van der Waals surface area contributed by atoms with Crippen LogP contribution in [0.5, 0.6) is 0 Å². The van der Waals surface area contributed by atoms with Gasteiger partial charge in [-0.05, 0) is 31.5 Å². The minimum Gasteiger partial charge on any atom is -0.361 e. The molecule has 2 aromatic rings. The van der Waals surface area contributed by atoms with Gasteiger partial charge in [0, 0.05) is 12.6 Å². The summed E-state index contributed by atoms with van der Waals surface area (Å²) in [7, 11) is 1.57. The van der Waals surface area contributed by atoms with E-state index in [9.17, 15) is 4.79 Å². The molecule has 0 fully saturated rings. The van der Waals surface area contributed by atoms with E-state index in [-0.39, 0.29) is 5.91 Å². The van der Waals surface area contributed by atoms with Crippen molar-refractivity contribution in [3.63, 3.8) is 0 Å². The maximum absolute atomic E-state index is 11.7. The lowest BCUT2D eigenvalue weighted by molar-refractivity contribution is 0.0963. The molecule has 1 heterocycles. The number of hydrogen-bond acceptors (Lipinski definition) is 3. The van der Waals surface area contributed by atoms with Crippen molar-refractivity contribution in [3.05, 3.63) is 40.2 Å². The molecule has 18 heavy (non-hydrogen) atoms. The Morgan fingerprint density at radius 2 is 2.11 bits per heavy atom. The van der Waals surface area contributed by atoms with Crippen LogP contribution in [0.1, 0.15) is 21.8 Å². The molecule has 5 heteroatoms. The van der Waals surface area contributed by atoms with Crippen LogP contribution in [0.4, 0.5) is 0 Å². The number of benzene rings is 1. The van der Waals surface area contributed by atoms with Gasteiger partial charge in [0.05, 0.1) is 16.3 Å². The molecule has 0 aliphatic heterocycles. The van der Waals surface area contributed by atoms with Gasteiger partial charge in [0.25, 0.3) is 5.91 Å². The predicted molar refractivity (Wildman–Crippen MR) is 69.8 cm³/mol. The SMILES string of the molecule is CNC(=O)c1cc(-c2c(C)noc2C)ccc1Cl. The zero-order valence-corrected chi connectivity index (χ0v) is 11.1. The molecule has 1 amide bonds. The Labute approximate surface area is 110 Å². The van der Waals surface area contributed by atoms with Crippen LogP contribution in [0.3, 0.4) is 0 Å². The molecule has 0 aliphatic rings. The molecule has 0 bridgehead atoms. The van der Waals surface area contributed by atoms with Crippen LogP contribution in [-0.4, -0.2) is 18.1 Å². The second kappa shape index (κ2) is 4.82. The number of rotatable bonds is 2. The molecular weight excluding hydrogens is 252 g/mol. The van der Waals surface area contributed by atoms with E-state index in [0.29, 0.717) is 10.6 Å². The third kappa shape index (κ3) is 2.11. The van der Waals surface area contributed by atoms with Crippen molar-refractivity contribution < 1.29 is 9.32 Å². The molecule has 0 aliphatic carbocycles. The summed E-state index contributed by atoms with van der Waals surface area (Å²) in [4.78, 5) is 11.7. The van der Waals surface area contributed by atoms with Gasteiger partial charge >= 0.3 is 0 Å². The standard InChI is InChI=1S/C13H13ClN2O2/c1-7-12(8(2)18-16-7)9-4-5-11(14)10(6-9)13(17)15-3/h4-6H,1-3H3,(H,15,17). The molecule has 2 rings (SSSR count). The molecule has 0 saturated heterocycles. The first-order chi connectivity index (χ1) is 8.54. The van der Waals surface area contributed by atoms with Gasteiger partial charge in [-0.15, -0.1) is 0 Å². The molecule has 0 unspecified atom stereocenters. The van der Waals surface area contributed by atoms with Gasteiger partial charge in [0.2, 0.25) is 0 Å². The first kappa shape index (κ1) is 12.6. The molecule has 0 atom stereocenters. The maximum atomic E-state index is 11.7. The lowest BCUT2D eigenvalue weighted by atomic mass is 10.0. The summed E-state index contributed by atoms with van der Waals surface area (Å²) in [6.07, 6.45) is 0. The average Bonchev–Trinajstić information content (AvgIpc) is 2.69. The second-order valence-electron chi connectivity index (χ2n) is 3.97. The smallest absolute Gasteiger partial charge is 0.252 e. The Bertz CT molecular complexity index is 586. The van der Waals surface area contributed by atoms with Crippen molar-refractivity contribution >= 4 is 17.5 Å². The van der Waals surface area contributed by atoms with E-state index in [1.54, 1.807) is 19.2 Å². The number of hydrogen-bond donors (Lipinski definition) is 1. The van der Waals surface area contributed by atoms with E-state index in [1.807, 2.05) is 19.9 Å². The number of nitrogens with zero attached hydrogens (tertiary/aromatic N) is 1. The lowest BCUT2D eigenvalue weighted by Gasteiger charge is -2.06. The number of nitrogens with one attached hydrogen (secondary N) is 1. The van der Waals surface area contributed by atoms with E-state index in [2.05, 4.69) is 10.5 Å². The fourth-order valence-corrected chi connectivity index (χ4v) is 2.09. The number of carbonyl (C=O) groups excluding carboxylic acids is 1. The molecule has 1 aromatic carbocycles. The van der Waals surface area contributed by atoms with Crippen molar-refractivity contribution in [2.24, 2.45) is 0 Å². The van der Waals surface area contributed by atoms with Gasteiger partial charge in [-0.3, -0.25) is 4.79 Å². The van der Waals surface area contributed by atoms with E-state index in [4.69, 9.17) is 16.1 Å². The number of amides is 1. The number of aromatic nitrogens is 1. The highest BCUT2D eigenvalue weighted by Gasteiger charge is 2.15. The molecule has 4 nitrogen and oxygen atoms in total. The summed E-state index contributed by atoms with van der Waals surface area (Å²) in [6, 6.07) is 5.29. The minimum atomic E-state index is -0.214. The highest BCUT2D eigenvalue weighted by molar-refractivity contribution is 6.34. The van der Waals surface area contributed by atoms with Crippen LogP contribution in [0.25, 0.3) is 11.1 Å². The topological polar surface area (TPSA) is 55.1 Å². The van der Waals surface area contributed by atoms with Crippen LogP contribution >= 0.6 is 11.6 Å². The quantitative estimate of drug-likeness (QED) is 0.907. The molecule has 0 radical (unpaired) electrons. The molecule has 0 spiro atoms. The second-order valence-corrected chi connectivity index (χ2v) is 4.38. The minimum absolute atomic E-state index is 0.214. The number of aryl methyl sites for hydroxylation is 2. The zero-order chi connectivity index (χ0) is 13.3. The van der Waals surface area contributed by atoms with Gasteiger partial charge in [0.15, 0.2) is 0 Å². The third-order valence-electron chi connectivity index (χ3n) is 2.76. The van der Waals surface area contributed by atoms with E-state index in [0.717, 1.165) is 22.6 Å². The lowest BCUT2D eigenvalue weighted by Crippen LogP contribution is -2.18. The van der Waals surface area contributed by atoms with Crippen molar-refractivity contribution in [2.45, 2.75) is 13.8 Å². The molecule has 0 saturated carbocycles. The fraction of sp³-hybridized carbons (Fsp3) is 0.231. The molecule has 94 valence electrons. The average molecular weight is 265 g/mol. The molecule has 1 aromatic heterocycles. The van der Waals surface area contributed by atoms with E-state index in [1.165, 1.54) is 0 Å². The van der Waals surface area contributed by atoms with Crippen LogP contribution in [-0.2, 0) is 0 Å². The Morgan fingerprint density at radius 1 is 1.39 bits per heavy atom. The van der Waals surface area contributed by atoms with Gasteiger partial charge in [-0.2, -0.15) is 0 Å². The van der Waals surface area contributed by atoms with E-state index >= 15 is 0 Å². The highest BCUT2D eigenvalue weighted by Crippen LogP contribution is 2.29. The summed E-state index contributed by atoms with van der Waals surface area (Å²) in [5.41, 5.74) is 3.00. The van der Waals surface area contributed by atoms with Gasteiger partial charge < -0.3 is 9.84 Å². The number of halogens is 1. The largest absolute Gasteiger partial charge is 0.361 e. The van der Waals surface area contributed by atoms with Crippen LogP contribution in [0.15, 0.2) is 22.7 Å². The van der Waals surface area contributed by atoms with Gasteiger partial charge in [0.1, 0.15) is 5.76 Å². The van der Waals surface area contributed by atoms with Crippen LogP contribution in [0.2, 0.25) is 5.02 Å². The monoisotopic (exact) mass is 264 g/mol. The summed E-state index contributed by atoms with van der Waals surface area (Å²) in [6.45, 7) is 3.70. The molecular formula is C13H13ClN2O2. The van der Waals surface area contributed by atoms with Gasteiger partial charge in [-0.1, -0.05) is 22.8 Å². The van der Waals surface area contributed by atoms with E-state index < -0.39 is 0 Å².